The Hall–Kier alpha value is -1.75. The Balaban J connectivity index is 1.81. The van der Waals surface area contributed by atoms with Crippen molar-refractivity contribution < 1.29 is 24.1 Å². The predicted molar refractivity (Wildman–Crippen MR) is 80.6 cm³/mol. The SMILES string of the molecule is COc1ccc(C2(CC(=O)O)CC2)cc1OC1CCCOC1. The molecule has 1 aromatic rings. The lowest BCUT2D eigenvalue weighted by Crippen LogP contribution is -2.28. The predicted octanol–water partition coefficient (Wildman–Crippen LogP) is 2.76. The highest BCUT2D eigenvalue weighted by atomic mass is 16.5. The van der Waals surface area contributed by atoms with Crippen LogP contribution in [-0.4, -0.2) is 37.5 Å². The monoisotopic (exact) mass is 306 g/mol. The van der Waals surface area contributed by atoms with E-state index in [1.807, 2.05) is 18.2 Å². The maximum atomic E-state index is 11.1. The smallest absolute Gasteiger partial charge is 0.304 e. The molecule has 3 rings (SSSR count). The van der Waals surface area contributed by atoms with E-state index in [1.165, 1.54) is 0 Å². The Labute approximate surface area is 130 Å². The zero-order valence-corrected chi connectivity index (χ0v) is 12.8. The zero-order valence-electron chi connectivity index (χ0n) is 12.8. The van der Waals surface area contributed by atoms with Crippen LogP contribution in [0, 0.1) is 0 Å². The lowest BCUT2D eigenvalue weighted by Gasteiger charge is -2.25. The number of carboxylic acids is 1. The Bertz CT molecular complexity index is 544. The minimum Gasteiger partial charge on any atom is -0.493 e. The number of hydrogen-bond acceptors (Lipinski definition) is 4. The van der Waals surface area contributed by atoms with Crippen LogP contribution in [0.1, 0.15) is 37.7 Å². The largest absolute Gasteiger partial charge is 0.493 e. The molecule has 0 spiro atoms. The summed E-state index contributed by atoms with van der Waals surface area (Å²) in [7, 11) is 1.61. The van der Waals surface area contributed by atoms with Crippen molar-refractivity contribution >= 4 is 5.97 Å². The van der Waals surface area contributed by atoms with Gasteiger partial charge in [0, 0.05) is 12.0 Å². The maximum Gasteiger partial charge on any atom is 0.304 e. The fourth-order valence-corrected chi connectivity index (χ4v) is 3.09. The molecular formula is C17H22O5. The average Bonchev–Trinajstić information content (AvgIpc) is 3.28. The van der Waals surface area contributed by atoms with Crippen molar-refractivity contribution in [3.63, 3.8) is 0 Å². The third-order valence-corrected chi connectivity index (χ3v) is 4.53. The summed E-state index contributed by atoms with van der Waals surface area (Å²) < 4.78 is 16.9. The van der Waals surface area contributed by atoms with Crippen LogP contribution < -0.4 is 9.47 Å². The second-order valence-electron chi connectivity index (χ2n) is 6.17. The van der Waals surface area contributed by atoms with E-state index in [-0.39, 0.29) is 17.9 Å². The van der Waals surface area contributed by atoms with Crippen LogP contribution >= 0.6 is 0 Å². The third kappa shape index (κ3) is 3.19. The zero-order chi connectivity index (χ0) is 15.6. The molecule has 22 heavy (non-hydrogen) atoms. The highest BCUT2D eigenvalue weighted by Gasteiger charge is 2.46. The molecule has 1 heterocycles. The van der Waals surface area contributed by atoms with E-state index >= 15 is 0 Å². The first kappa shape index (κ1) is 15.2. The molecule has 1 saturated carbocycles. The number of hydrogen-bond donors (Lipinski definition) is 1. The first-order chi connectivity index (χ1) is 10.6. The highest BCUT2D eigenvalue weighted by molar-refractivity contribution is 5.70. The standard InChI is InChI=1S/C17H22O5/c1-20-14-5-4-12(17(6-7-17)10-16(18)19)9-15(14)22-13-3-2-8-21-11-13/h4-5,9,13H,2-3,6-8,10-11H2,1H3,(H,18,19). The van der Waals surface area contributed by atoms with Crippen molar-refractivity contribution in [2.75, 3.05) is 20.3 Å². The van der Waals surface area contributed by atoms with Crippen LogP contribution in [0.3, 0.4) is 0 Å². The van der Waals surface area contributed by atoms with Crippen LogP contribution in [0.15, 0.2) is 18.2 Å². The maximum absolute atomic E-state index is 11.1. The van der Waals surface area contributed by atoms with Gasteiger partial charge >= 0.3 is 5.97 Å². The molecule has 1 aliphatic heterocycles. The van der Waals surface area contributed by atoms with Crippen molar-refractivity contribution in [3.05, 3.63) is 23.8 Å². The van der Waals surface area contributed by atoms with E-state index in [0.29, 0.717) is 18.1 Å². The number of carboxylic acid groups (broad SMARTS) is 1. The van der Waals surface area contributed by atoms with Crippen LogP contribution in [0.4, 0.5) is 0 Å². The molecule has 5 nitrogen and oxygen atoms in total. The quantitative estimate of drug-likeness (QED) is 0.875. The molecule has 0 aromatic heterocycles. The second kappa shape index (κ2) is 6.16. The molecule has 1 aromatic carbocycles. The van der Waals surface area contributed by atoms with Gasteiger partial charge in [-0.1, -0.05) is 6.07 Å². The van der Waals surface area contributed by atoms with Gasteiger partial charge in [-0.05, 0) is 43.4 Å². The van der Waals surface area contributed by atoms with Gasteiger partial charge < -0.3 is 19.3 Å². The van der Waals surface area contributed by atoms with Crippen LogP contribution in [0.5, 0.6) is 11.5 Å². The number of aliphatic carboxylic acids is 1. The number of rotatable bonds is 6. The molecule has 2 fully saturated rings. The molecule has 120 valence electrons. The van der Waals surface area contributed by atoms with Gasteiger partial charge in [0.05, 0.1) is 20.1 Å². The molecule has 1 N–H and O–H groups in total. The van der Waals surface area contributed by atoms with Crippen LogP contribution in [0.2, 0.25) is 0 Å². The first-order valence-corrected chi connectivity index (χ1v) is 7.78. The summed E-state index contributed by atoms with van der Waals surface area (Å²) in [5.74, 6) is 0.615. The molecule has 1 atom stereocenters. The van der Waals surface area contributed by atoms with Gasteiger partial charge in [0.1, 0.15) is 6.10 Å². The van der Waals surface area contributed by atoms with E-state index in [1.54, 1.807) is 7.11 Å². The van der Waals surface area contributed by atoms with Gasteiger partial charge in [0.2, 0.25) is 0 Å². The van der Waals surface area contributed by atoms with E-state index in [0.717, 1.165) is 37.9 Å². The van der Waals surface area contributed by atoms with Gasteiger partial charge in [-0.3, -0.25) is 4.79 Å². The number of ether oxygens (including phenoxy) is 3. The minimum absolute atomic E-state index is 0.0347. The van der Waals surface area contributed by atoms with Gasteiger partial charge in [0.25, 0.3) is 0 Å². The summed E-state index contributed by atoms with van der Waals surface area (Å²) in [6.07, 6.45) is 4.00. The first-order valence-electron chi connectivity index (χ1n) is 7.78. The minimum atomic E-state index is -0.753. The van der Waals surface area contributed by atoms with Crippen molar-refractivity contribution in [2.45, 2.75) is 43.6 Å². The number of methoxy groups -OCH3 is 1. The lowest BCUT2D eigenvalue weighted by atomic mass is 9.92. The van der Waals surface area contributed by atoms with Gasteiger partial charge in [-0.2, -0.15) is 0 Å². The van der Waals surface area contributed by atoms with Crippen molar-refractivity contribution in [3.8, 4) is 11.5 Å². The van der Waals surface area contributed by atoms with Crippen molar-refractivity contribution in [1.29, 1.82) is 0 Å². The highest BCUT2D eigenvalue weighted by Crippen LogP contribution is 2.52. The van der Waals surface area contributed by atoms with Crippen molar-refractivity contribution in [2.24, 2.45) is 0 Å². The molecule has 0 amide bonds. The molecule has 0 radical (unpaired) electrons. The molecule has 1 aliphatic carbocycles. The van der Waals surface area contributed by atoms with E-state index < -0.39 is 5.97 Å². The second-order valence-corrected chi connectivity index (χ2v) is 6.17. The summed E-state index contributed by atoms with van der Waals surface area (Å²) in [5.41, 5.74) is 0.807. The summed E-state index contributed by atoms with van der Waals surface area (Å²) in [4.78, 5) is 11.1. The Morgan fingerprint density at radius 2 is 2.23 bits per heavy atom. The molecule has 0 bridgehead atoms. The van der Waals surface area contributed by atoms with Crippen molar-refractivity contribution in [1.82, 2.24) is 0 Å². The Kier molecular flexibility index (Phi) is 4.25. The third-order valence-electron chi connectivity index (χ3n) is 4.53. The van der Waals surface area contributed by atoms with E-state index in [9.17, 15) is 4.79 Å². The normalized spacial score (nSPS) is 22.9. The van der Waals surface area contributed by atoms with Crippen LogP contribution in [-0.2, 0) is 14.9 Å². The Morgan fingerprint density at radius 3 is 2.82 bits per heavy atom. The topological polar surface area (TPSA) is 65.0 Å². The lowest BCUT2D eigenvalue weighted by molar-refractivity contribution is -0.137. The molecule has 2 aliphatic rings. The molecule has 5 heteroatoms. The Morgan fingerprint density at radius 1 is 1.41 bits per heavy atom. The summed E-state index contributed by atoms with van der Waals surface area (Å²) in [5, 5.41) is 9.11. The number of carbonyl (C=O) groups is 1. The molecule has 1 saturated heterocycles. The average molecular weight is 306 g/mol. The number of benzene rings is 1. The van der Waals surface area contributed by atoms with Crippen LogP contribution in [0.25, 0.3) is 0 Å². The van der Waals surface area contributed by atoms with Gasteiger partial charge in [-0.15, -0.1) is 0 Å². The fourth-order valence-electron chi connectivity index (χ4n) is 3.09. The van der Waals surface area contributed by atoms with Gasteiger partial charge in [-0.25, -0.2) is 0 Å². The molecular weight excluding hydrogens is 284 g/mol. The molecule has 1 unspecified atom stereocenters. The fraction of sp³-hybridized carbons (Fsp3) is 0.588. The van der Waals surface area contributed by atoms with E-state index in [2.05, 4.69) is 0 Å². The summed E-state index contributed by atoms with van der Waals surface area (Å²) in [6.45, 7) is 1.38. The van der Waals surface area contributed by atoms with Gasteiger partial charge in [0.15, 0.2) is 11.5 Å². The summed E-state index contributed by atoms with van der Waals surface area (Å²) >= 11 is 0. The summed E-state index contributed by atoms with van der Waals surface area (Å²) in [6, 6.07) is 5.78. The van der Waals surface area contributed by atoms with E-state index in [4.69, 9.17) is 19.3 Å².